The van der Waals surface area contributed by atoms with Crippen molar-refractivity contribution >= 4 is 41.0 Å². The van der Waals surface area contributed by atoms with E-state index in [1.165, 1.54) is 5.52 Å². The van der Waals surface area contributed by atoms with Crippen molar-refractivity contribution in [2.24, 2.45) is 4.99 Å². The summed E-state index contributed by atoms with van der Waals surface area (Å²) in [6.07, 6.45) is 2.90. The van der Waals surface area contributed by atoms with Gasteiger partial charge in [0.15, 0.2) is 5.96 Å². The maximum atomic E-state index is 4.59. The van der Waals surface area contributed by atoms with E-state index < -0.39 is 0 Å². The molecule has 0 saturated carbocycles. The number of nitrogens with one attached hydrogen (secondary N) is 2. The van der Waals surface area contributed by atoms with Crippen LogP contribution in [0.15, 0.2) is 35.6 Å². The Labute approximate surface area is 149 Å². The molecule has 0 saturated heterocycles. The van der Waals surface area contributed by atoms with Crippen molar-refractivity contribution in [1.29, 1.82) is 0 Å². The van der Waals surface area contributed by atoms with Gasteiger partial charge in [0.05, 0.1) is 17.4 Å². The van der Waals surface area contributed by atoms with Gasteiger partial charge in [-0.1, -0.05) is 12.1 Å². The molecular weight excluding hydrogens is 389 g/mol. The molecule has 5 nitrogen and oxygen atoms in total. The standard InChI is InChI=1S/C16H25N5.HI/c1-4-17-16(20-13(2)3)18-10-7-11-21-12-19-14-8-5-6-9-15(14)21;/h5-6,8-9,12-13H,4,7,10-11H2,1-3H3,(H2,17,18,20);1H. The highest BCUT2D eigenvalue weighted by Crippen LogP contribution is 2.11. The van der Waals surface area contributed by atoms with Gasteiger partial charge in [0, 0.05) is 25.7 Å². The van der Waals surface area contributed by atoms with Gasteiger partial charge in [-0.2, -0.15) is 0 Å². The summed E-state index contributed by atoms with van der Waals surface area (Å²) >= 11 is 0. The number of aromatic nitrogens is 2. The highest BCUT2D eigenvalue weighted by Gasteiger charge is 2.01. The first-order valence-electron chi connectivity index (χ1n) is 7.65. The third-order valence-electron chi connectivity index (χ3n) is 3.12. The van der Waals surface area contributed by atoms with Crippen LogP contribution in [0.4, 0.5) is 0 Å². The van der Waals surface area contributed by atoms with E-state index in [2.05, 4.69) is 58.1 Å². The summed E-state index contributed by atoms with van der Waals surface area (Å²) in [6.45, 7) is 8.93. The van der Waals surface area contributed by atoms with Crippen molar-refractivity contribution in [3.05, 3.63) is 30.6 Å². The summed E-state index contributed by atoms with van der Waals surface area (Å²) in [5.74, 6) is 0.892. The van der Waals surface area contributed by atoms with Crippen molar-refractivity contribution in [2.45, 2.75) is 39.8 Å². The average molecular weight is 415 g/mol. The van der Waals surface area contributed by atoms with Gasteiger partial charge in [0.2, 0.25) is 0 Å². The molecule has 0 aliphatic heterocycles. The zero-order valence-electron chi connectivity index (χ0n) is 13.5. The van der Waals surface area contributed by atoms with Gasteiger partial charge in [0.1, 0.15) is 0 Å². The summed E-state index contributed by atoms with van der Waals surface area (Å²) in [7, 11) is 0. The number of imidazole rings is 1. The molecule has 2 N–H and O–H groups in total. The molecular formula is C16H26IN5. The Bertz CT molecular complexity index is 591. The first-order valence-corrected chi connectivity index (χ1v) is 7.65. The van der Waals surface area contributed by atoms with Crippen LogP contribution in [-0.2, 0) is 6.54 Å². The molecule has 2 rings (SSSR count). The molecule has 0 unspecified atom stereocenters. The van der Waals surface area contributed by atoms with Gasteiger partial charge in [-0.3, -0.25) is 4.99 Å². The first kappa shape index (κ1) is 18.7. The van der Waals surface area contributed by atoms with Crippen LogP contribution in [0, 0.1) is 0 Å². The van der Waals surface area contributed by atoms with Crippen molar-refractivity contribution in [3.63, 3.8) is 0 Å². The number of aryl methyl sites for hydroxylation is 1. The molecule has 2 aromatic rings. The predicted octanol–water partition coefficient (Wildman–Crippen LogP) is 3.01. The predicted molar refractivity (Wildman–Crippen MR) is 104 cm³/mol. The van der Waals surface area contributed by atoms with Gasteiger partial charge in [-0.15, -0.1) is 24.0 Å². The number of nitrogens with zero attached hydrogens (tertiary/aromatic N) is 3. The van der Waals surface area contributed by atoms with E-state index in [9.17, 15) is 0 Å². The molecule has 0 bridgehead atoms. The molecule has 1 aromatic carbocycles. The smallest absolute Gasteiger partial charge is 0.191 e. The Kier molecular flexibility index (Phi) is 8.22. The fourth-order valence-electron chi connectivity index (χ4n) is 2.21. The van der Waals surface area contributed by atoms with Crippen LogP contribution in [0.2, 0.25) is 0 Å². The van der Waals surface area contributed by atoms with E-state index in [-0.39, 0.29) is 24.0 Å². The first-order chi connectivity index (χ1) is 10.2. The van der Waals surface area contributed by atoms with Gasteiger partial charge >= 0.3 is 0 Å². The number of benzene rings is 1. The SMILES string of the molecule is CCNC(=NCCCn1cnc2ccccc21)NC(C)C.I. The van der Waals surface area contributed by atoms with Crippen LogP contribution in [-0.4, -0.2) is 34.6 Å². The molecule has 0 atom stereocenters. The van der Waals surface area contributed by atoms with E-state index in [1.54, 1.807) is 0 Å². The fraction of sp³-hybridized carbons (Fsp3) is 0.500. The second-order valence-electron chi connectivity index (χ2n) is 5.34. The monoisotopic (exact) mass is 415 g/mol. The van der Waals surface area contributed by atoms with Crippen LogP contribution in [0.5, 0.6) is 0 Å². The summed E-state index contributed by atoms with van der Waals surface area (Å²) in [5, 5.41) is 6.58. The molecule has 0 radical (unpaired) electrons. The fourth-order valence-corrected chi connectivity index (χ4v) is 2.21. The molecule has 1 heterocycles. The van der Waals surface area contributed by atoms with E-state index in [0.717, 1.165) is 37.5 Å². The molecule has 1 aromatic heterocycles. The lowest BCUT2D eigenvalue weighted by molar-refractivity contribution is 0.654. The van der Waals surface area contributed by atoms with E-state index >= 15 is 0 Å². The molecule has 0 aliphatic carbocycles. The molecule has 0 fully saturated rings. The summed E-state index contributed by atoms with van der Waals surface area (Å²) in [6, 6.07) is 8.61. The Hall–Kier alpha value is -1.31. The number of fused-ring (bicyclic) bond motifs is 1. The average Bonchev–Trinajstić information content (AvgIpc) is 2.86. The largest absolute Gasteiger partial charge is 0.357 e. The molecule has 0 aliphatic rings. The molecule has 22 heavy (non-hydrogen) atoms. The summed E-state index contributed by atoms with van der Waals surface area (Å²) in [4.78, 5) is 9.00. The number of para-hydroxylation sites is 2. The number of hydrogen-bond acceptors (Lipinski definition) is 2. The number of rotatable bonds is 6. The molecule has 0 amide bonds. The lowest BCUT2D eigenvalue weighted by Gasteiger charge is -2.13. The van der Waals surface area contributed by atoms with Crippen molar-refractivity contribution in [1.82, 2.24) is 20.2 Å². The maximum Gasteiger partial charge on any atom is 0.191 e. The van der Waals surface area contributed by atoms with Gasteiger partial charge < -0.3 is 15.2 Å². The number of aliphatic imine (C=N–C) groups is 1. The topological polar surface area (TPSA) is 54.2 Å². The Balaban J connectivity index is 0.00000242. The number of hydrogen-bond donors (Lipinski definition) is 2. The highest BCUT2D eigenvalue weighted by atomic mass is 127. The molecule has 0 spiro atoms. The third-order valence-corrected chi connectivity index (χ3v) is 3.12. The minimum atomic E-state index is 0. The van der Waals surface area contributed by atoms with Gasteiger partial charge in [-0.05, 0) is 39.3 Å². The normalized spacial score (nSPS) is 11.5. The quantitative estimate of drug-likeness (QED) is 0.330. The van der Waals surface area contributed by atoms with E-state index in [0.29, 0.717) is 6.04 Å². The lowest BCUT2D eigenvalue weighted by Crippen LogP contribution is -2.41. The lowest BCUT2D eigenvalue weighted by atomic mass is 10.3. The van der Waals surface area contributed by atoms with Crippen molar-refractivity contribution in [2.75, 3.05) is 13.1 Å². The van der Waals surface area contributed by atoms with Gasteiger partial charge in [0.25, 0.3) is 0 Å². The summed E-state index contributed by atoms with van der Waals surface area (Å²) in [5.41, 5.74) is 2.24. The minimum absolute atomic E-state index is 0. The third kappa shape index (κ3) is 5.47. The van der Waals surface area contributed by atoms with Crippen molar-refractivity contribution < 1.29 is 0 Å². The van der Waals surface area contributed by atoms with E-state index in [4.69, 9.17) is 0 Å². The van der Waals surface area contributed by atoms with Crippen LogP contribution < -0.4 is 10.6 Å². The highest BCUT2D eigenvalue weighted by molar-refractivity contribution is 14.0. The molecule has 122 valence electrons. The maximum absolute atomic E-state index is 4.59. The van der Waals surface area contributed by atoms with Crippen LogP contribution in [0.3, 0.4) is 0 Å². The van der Waals surface area contributed by atoms with Gasteiger partial charge in [-0.25, -0.2) is 4.98 Å². The summed E-state index contributed by atoms with van der Waals surface area (Å²) < 4.78 is 2.19. The van der Waals surface area contributed by atoms with Crippen molar-refractivity contribution in [3.8, 4) is 0 Å². The zero-order valence-corrected chi connectivity index (χ0v) is 15.9. The Morgan fingerprint density at radius 2 is 2.09 bits per heavy atom. The molecule has 6 heteroatoms. The van der Waals surface area contributed by atoms with Crippen LogP contribution in [0.1, 0.15) is 27.2 Å². The minimum Gasteiger partial charge on any atom is -0.357 e. The van der Waals surface area contributed by atoms with E-state index in [1.807, 2.05) is 18.5 Å². The zero-order chi connectivity index (χ0) is 15.1. The Morgan fingerprint density at radius 1 is 1.32 bits per heavy atom. The Morgan fingerprint density at radius 3 is 2.82 bits per heavy atom. The second kappa shape index (κ2) is 9.66. The number of halogens is 1. The van der Waals surface area contributed by atoms with Crippen LogP contribution in [0.25, 0.3) is 11.0 Å². The number of guanidine groups is 1. The van der Waals surface area contributed by atoms with Crippen LogP contribution >= 0.6 is 24.0 Å². The second-order valence-corrected chi connectivity index (χ2v) is 5.34.